The summed E-state index contributed by atoms with van der Waals surface area (Å²) in [6.45, 7) is 0.581. The minimum absolute atomic E-state index is 0.0137. The summed E-state index contributed by atoms with van der Waals surface area (Å²) in [4.78, 5) is 25.8. The Morgan fingerprint density at radius 3 is 2.90 bits per heavy atom. The maximum atomic E-state index is 12.3. The van der Waals surface area contributed by atoms with E-state index in [2.05, 4.69) is 5.32 Å². The summed E-state index contributed by atoms with van der Waals surface area (Å²) in [6.07, 6.45) is 0. The number of thioether (sulfide) groups is 1. The number of benzene rings is 1. The molecule has 2 amide bonds. The molecule has 1 N–H and O–H groups in total. The van der Waals surface area contributed by atoms with E-state index in [4.69, 9.17) is 0 Å². The van der Waals surface area contributed by atoms with Crippen LogP contribution >= 0.6 is 23.1 Å². The predicted octanol–water partition coefficient (Wildman–Crippen LogP) is 2.82. The van der Waals surface area contributed by atoms with E-state index in [9.17, 15) is 9.59 Å². The van der Waals surface area contributed by atoms with E-state index >= 15 is 0 Å². The molecule has 0 spiro atoms. The molecule has 108 valence electrons. The molecule has 1 aromatic carbocycles. The molecule has 1 aliphatic rings. The molecule has 0 unspecified atom stereocenters. The van der Waals surface area contributed by atoms with Crippen LogP contribution in [0.5, 0.6) is 0 Å². The van der Waals surface area contributed by atoms with Crippen LogP contribution < -0.4 is 5.32 Å². The van der Waals surface area contributed by atoms with Crippen molar-refractivity contribution >= 4 is 40.6 Å². The van der Waals surface area contributed by atoms with Gasteiger partial charge >= 0.3 is 0 Å². The van der Waals surface area contributed by atoms with Gasteiger partial charge in [-0.2, -0.15) is 0 Å². The summed E-state index contributed by atoms with van der Waals surface area (Å²) in [5.74, 6) is 0.199. The minimum atomic E-state index is -0.144. The maximum Gasteiger partial charge on any atom is 0.244 e. The number of carbonyl (C=O) groups excluding carboxylic acids is 2. The summed E-state index contributed by atoms with van der Waals surface area (Å²) in [6, 6.07) is 11.6. The Labute approximate surface area is 131 Å². The first-order chi connectivity index (χ1) is 10.2. The molecule has 4 nitrogen and oxygen atoms in total. The maximum absolute atomic E-state index is 12.3. The highest BCUT2D eigenvalue weighted by Gasteiger charge is 2.22. The quantitative estimate of drug-likeness (QED) is 0.885. The largest absolute Gasteiger partial charge is 0.328 e. The highest BCUT2D eigenvalue weighted by atomic mass is 32.2. The number of fused-ring (bicyclic) bond motifs is 1. The van der Waals surface area contributed by atoms with Crippen molar-refractivity contribution in [2.45, 2.75) is 10.8 Å². The van der Waals surface area contributed by atoms with Crippen molar-refractivity contribution in [2.24, 2.45) is 0 Å². The summed E-state index contributed by atoms with van der Waals surface area (Å²) in [5.41, 5.74) is 1.77. The van der Waals surface area contributed by atoms with Crippen LogP contribution in [-0.2, 0) is 16.1 Å². The second-order valence-corrected chi connectivity index (χ2v) is 6.90. The molecule has 0 saturated heterocycles. The van der Waals surface area contributed by atoms with Crippen LogP contribution in [0, 0.1) is 0 Å². The van der Waals surface area contributed by atoms with Gasteiger partial charge in [0.05, 0.1) is 9.96 Å². The summed E-state index contributed by atoms with van der Waals surface area (Å²) < 4.78 is 1.11. The van der Waals surface area contributed by atoms with Crippen LogP contribution in [0.25, 0.3) is 0 Å². The molecular weight excluding hydrogens is 304 g/mol. The Kier molecular flexibility index (Phi) is 4.26. The van der Waals surface area contributed by atoms with E-state index in [1.54, 1.807) is 16.2 Å². The highest BCUT2D eigenvalue weighted by molar-refractivity contribution is 8.01. The van der Waals surface area contributed by atoms with E-state index in [1.807, 2.05) is 41.8 Å². The Morgan fingerprint density at radius 1 is 1.24 bits per heavy atom. The number of anilines is 1. The first-order valence-corrected chi connectivity index (χ1v) is 8.41. The number of hydrogen-bond donors (Lipinski definition) is 1. The lowest BCUT2D eigenvalue weighted by atomic mass is 10.2. The fourth-order valence-corrected chi connectivity index (χ4v) is 3.84. The van der Waals surface area contributed by atoms with Gasteiger partial charge in [0, 0.05) is 12.2 Å². The Balaban J connectivity index is 1.70. The van der Waals surface area contributed by atoms with Crippen molar-refractivity contribution in [1.29, 1.82) is 0 Å². The van der Waals surface area contributed by atoms with Crippen molar-refractivity contribution in [2.75, 3.05) is 17.6 Å². The number of amides is 2. The van der Waals surface area contributed by atoms with Crippen molar-refractivity contribution in [3.8, 4) is 0 Å². The third kappa shape index (κ3) is 3.46. The first-order valence-electron chi connectivity index (χ1n) is 6.54. The number of thiophene rings is 1. The van der Waals surface area contributed by atoms with Gasteiger partial charge in [0.15, 0.2) is 0 Å². The number of carbonyl (C=O) groups is 2. The number of hydrogen-bond acceptors (Lipinski definition) is 4. The van der Waals surface area contributed by atoms with Gasteiger partial charge in [0.2, 0.25) is 11.8 Å². The molecule has 3 rings (SSSR count). The molecule has 1 aromatic heterocycles. The number of nitrogens with zero attached hydrogens (tertiary/aromatic N) is 1. The summed E-state index contributed by atoms with van der Waals surface area (Å²) in [7, 11) is 0. The van der Waals surface area contributed by atoms with Crippen LogP contribution in [0.15, 0.2) is 46.0 Å². The third-order valence-electron chi connectivity index (χ3n) is 3.17. The standard InChI is InChI=1S/C15H14N2O2S2/c18-13-9-17(8-11-4-1-2-5-12(11)16-13)14(19)10-21-15-6-3-7-20-15/h1-7H,8-10H2,(H,16,18). The molecule has 1 aliphatic heterocycles. The van der Waals surface area contributed by atoms with Crippen LogP contribution in [-0.4, -0.2) is 29.0 Å². The molecule has 0 aliphatic carbocycles. The van der Waals surface area contributed by atoms with Crippen LogP contribution in [0.3, 0.4) is 0 Å². The Hall–Kier alpha value is -1.79. The van der Waals surface area contributed by atoms with Crippen LogP contribution in [0.1, 0.15) is 5.56 Å². The molecule has 0 fully saturated rings. The zero-order valence-corrected chi connectivity index (χ0v) is 12.9. The average molecular weight is 318 g/mol. The lowest BCUT2D eigenvalue weighted by Gasteiger charge is -2.19. The molecule has 0 radical (unpaired) electrons. The lowest BCUT2D eigenvalue weighted by molar-refractivity contribution is -0.132. The summed E-state index contributed by atoms with van der Waals surface area (Å²) >= 11 is 3.13. The van der Waals surface area contributed by atoms with Gasteiger partial charge in [-0.05, 0) is 23.1 Å². The topological polar surface area (TPSA) is 49.4 Å². The van der Waals surface area contributed by atoms with E-state index in [0.717, 1.165) is 15.5 Å². The van der Waals surface area contributed by atoms with Gasteiger partial charge in [-0.15, -0.1) is 23.1 Å². The fourth-order valence-electron chi connectivity index (χ4n) is 2.15. The normalized spacial score (nSPS) is 14.3. The number of nitrogens with one attached hydrogen (secondary N) is 1. The third-order valence-corrected chi connectivity index (χ3v) is 5.29. The van der Waals surface area contributed by atoms with Crippen molar-refractivity contribution in [3.05, 3.63) is 47.3 Å². The molecule has 0 atom stereocenters. The van der Waals surface area contributed by atoms with E-state index in [-0.39, 0.29) is 18.4 Å². The average Bonchev–Trinajstić information content (AvgIpc) is 2.93. The second-order valence-electron chi connectivity index (χ2n) is 4.68. The number of rotatable bonds is 3. The van der Waals surface area contributed by atoms with E-state index < -0.39 is 0 Å². The molecule has 21 heavy (non-hydrogen) atoms. The first kappa shape index (κ1) is 14.2. The molecule has 0 bridgehead atoms. The van der Waals surface area contributed by atoms with Crippen LogP contribution in [0.4, 0.5) is 5.69 Å². The van der Waals surface area contributed by atoms with E-state index in [0.29, 0.717) is 12.3 Å². The minimum Gasteiger partial charge on any atom is -0.328 e. The fraction of sp³-hybridized carbons (Fsp3) is 0.200. The van der Waals surface area contributed by atoms with Gasteiger partial charge in [-0.25, -0.2) is 0 Å². The Morgan fingerprint density at radius 2 is 2.10 bits per heavy atom. The van der Waals surface area contributed by atoms with Gasteiger partial charge < -0.3 is 10.2 Å². The molecule has 0 saturated carbocycles. The monoisotopic (exact) mass is 318 g/mol. The SMILES string of the molecule is O=C1CN(C(=O)CSc2cccs2)Cc2ccccc2N1. The number of para-hydroxylation sites is 1. The lowest BCUT2D eigenvalue weighted by Crippen LogP contribution is -2.36. The predicted molar refractivity (Wildman–Crippen MR) is 85.5 cm³/mol. The van der Waals surface area contributed by atoms with Gasteiger partial charge in [0.1, 0.15) is 6.54 Å². The van der Waals surface area contributed by atoms with Crippen LogP contribution in [0.2, 0.25) is 0 Å². The smallest absolute Gasteiger partial charge is 0.244 e. The van der Waals surface area contributed by atoms with E-state index in [1.165, 1.54) is 11.8 Å². The molecule has 2 aromatic rings. The molecule has 2 heterocycles. The van der Waals surface area contributed by atoms with Crippen molar-refractivity contribution < 1.29 is 9.59 Å². The Bertz CT molecular complexity index is 655. The van der Waals surface area contributed by atoms with Crippen molar-refractivity contribution in [1.82, 2.24) is 4.90 Å². The van der Waals surface area contributed by atoms with Gasteiger partial charge in [-0.3, -0.25) is 9.59 Å². The highest BCUT2D eigenvalue weighted by Crippen LogP contribution is 2.25. The van der Waals surface area contributed by atoms with Gasteiger partial charge in [0.25, 0.3) is 0 Å². The summed E-state index contributed by atoms with van der Waals surface area (Å²) in [5, 5.41) is 4.83. The van der Waals surface area contributed by atoms with Gasteiger partial charge in [-0.1, -0.05) is 24.3 Å². The molecule has 6 heteroatoms. The molecular formula is C15H14N2O2S2. The van der Waals surface area contributed by atoms with Crippen molar-refractivity contribution in [3.63, 3.8) is 0 Å². The second kappa shape index (κ2) is 6.32. The zero-order chi connectivity index (χ0) is 14.7. The zero-order valence-electron chi connectivity index (χ0n) is 11.2.